The lowest BCUT2D eigenvalue weighted by atomic mass is 10.2. The number of hydrogen-bond acceptors (Lipinski definition) is 4. The summed E-state index contributed by atoms with van der Waals surface area (Å²) >= 11 is 0. The summed E-state index contributed by atoms with van der Waals surface area (Å²) in [7, 11) is 0. The summed E-state index contributed by atoms with van der Waals surface area (Å²) < 4.78 is 11.2. The molecule has 0 aliphatic carbocycles. The van der Waals surface area contributed by atoms with Crippen LogP contribution < -0.4 is 15.0 Å². The van der Waals surface area contributed by atoms with Crippen LogP contribution >= 0.6 is 0 Å². The maximum atomic E-state index is 11.8. The van der Waals surface area contributed by atoms with Gasteiger partial charge in [-0.3, -0.25) is 0 Å². The maximum absolute atomic E-state index is 11.8. The van der Waals surface area contributed by atoms with Crippen LogP contribution in [0.4, 0.5) is 10.5 Å². The lowest BCUT2D eigenvalue weighted by Crippen LogP contribution is -2.34. The Hall–Kier alpha value is -2.95. The van der Waals surface area contributed by atoms with Crippen molar-refractivity contribution in [3.05, 3.63) is 71.8 Å². The largest absolute Gasteiger partial charge is 0.489 e. The fraction of sp³-hybridized carbons (Fsp3) is 0.423. The molecule has 2 aromatic rings. The van der Waals surface area contributed by atoms with Crippen LogP contribution in [0.2, 0.25) is 0 Å². The van der Waals surface area contributed by atoms with E-state index >= 15 is 0 Å². The summed E-state index contributed by atoms with van der Waals surface area (Å²) in [4.78, 5) is 14.1. The second-order valence-corrected chi connectivity index (χ2v) is 8.78. The van der Waals surface area contributed by atoms with E-state index in [0.717, 1.165) is 36.5 Å². The van der Waals surface area contributed by atoms with E-state index in [1.165, 1.54) is 5.57 Å². The number of nitrogens with one attached hydrogen (secondary N) is 1. The molecule has 31 heavy (non-hydrogen) atoms. The molecule has 1 amide bonds. The Balaban J connectivity index is 1.89. The molecular weight excluding hydrogens is 388 g/mol. The summed E-state index contributed by atoms with van der Waals surface area (Å²) in [6.07, 6.45) is 2.66. The summed E-state index contributed by atoms with van der Waals surface area (Å²) in [5.41, 5.74) is 3.07. The first kappa shape index (κ1) is 24.3. The summed E-state index contributed by atoms with van der Waals surface area (Å²) in [6.45, 7) is 12.5. The standard InChI is InChI=1S/C26H36N2O3/c1-21(2)16-19-28(18-9-17-27-25(29)31-26(3,4)5)23-12-14-24(15-13-23)30-20-22-10-7-6-8-11-22/h6-8,10-16H,9,17-20H2,1-5H3,(H,27,29). The molecule has 0 aliphatic heterocycles. The van der Waals surface area contributed by atoms with E-state index in [9.17, 15) is 4.79 Å². The number of alkyl carbamates (subject to hydrolysis) is 1. The van der Waals surface area contributed by atoms with Crippen LogP contribution in [0.5, 0.6) is 5.75 Å². The van der Waals surface area contributed by atoms with Crippen LogP contribution in [-0.4, -0.2) is 31.3 Å². The molecule has 0 radical (unpaired) electrons. The van der Waals surface area contributed by atoms with Crippen LogP contribution in [0.15, 0.2) is 66.2 Å². The van der Waals surface area contributed by atoms with Gasteiger partial charge in [0.05, 0.1) is 0 Å². The van der Waals surface area contributed by atoms with Gasteiger partial charge in [-0.25, -0.2) is 4.79 Å². The Morgan fingerprint density at radius 1 is 1.03 bits per heavy atom. The molecular formula is C26H36N2O3. The summed E-state index contributed by atoms with van der Waals surface area (Å²) in [5, 5.41) is 2.83. The molecule has 0 saturated heterocycles. The van der Waals surface area contributed by atoms with Gasteiger partial charge in [0.25, 0.3) is 0 Å². The topological polar surface area (TPSA) is 50.8 Å². The van der Waals surface area contributed by atoms with Crippen molar-refractivity contribution in [1.29, 1.82) is 0 Å². The van der Waals surface area contributed by atoms with Crippen molar-refractivity contribution in [2.24, 2.45) is 0 Å². The third-order valence-electron chi connectivity index (χ3n) is 4.44. The van der Waals surface area contributed by atoms with Gasteiger partial charge in [0.1, 0.15) is 18.0 Å². The molecule has 0 aliphatic rings. The molecule has 0 bridgehead atoms. The van der Waals surface area contributed by atoms with Crippen molar-refractivity contribution in [2.45, 2.75) is 53.2 Å². The van der Waals surface area contributed by atoms with Crippen LogP contribution in [0.25, 0.3) is 0 Å². The van der Waals surface area contributed by atoms with E-state index in [2.05, 4.69) is 54.4 Å². The van der Waals surface area contributed by atoms with Crippen molar-refractivity contribution in [1.82, 2.24) is 5.32 Å². The minimum absolute atomic E-state index is 0.372. The lowest BCUT2D eigenvalue weighted by Gasteiger charge is -2.24. The molecule has 5 nitrogen and oxygen atoms in total. The second kappa shape index (κ2) is 12.0. The fourth-order valence-electron chi connectivity index (χ4n) is 2.89. The van der Waals surface area contributed by atoms with E-state index in [-0.39, 0.29) is 6.09 Å². The minimum atomic E-state index is -0.482. The molecule has 0 unspecified atom stereocenters. The van der Waals surface area contributed by atoms with Gasteiger partial charge in [0.2, 0.25) is 0 Å². The lowest BCUT2D eigenvalue weighted by molar-refractivity contribution is 0.0527. The fourth-order valence-corrected chi connectivity index (χ4v) is 2.89. The minimum Gasteiger partial charge on any atom is -0.489 e. The molecule has 1 N–H and O–H groups in total. The predicted molar refractivity (Wildman–Crippen MR) is 128 cm³/mol. The van der Waals surface area contributed by atoms with Crippen molar-refractivity contribution in [2.75, 3.05) is 24.5 Å². The normalized spacial score (nSPS) is 10.9. The molecule has 0 aromatic heterocycles. The first-order chi connectivity index (χ1) is 14.7. The average molecular weight is 425 g/mol. The van der Waals surface area contributed by atoms with Gasteiger partial charge in [0.15, 0.2) is 0 Å². The smallest absolute Gasteiger partial charge is 0.407 e. The monoisotopic (exact) mass is 424 g/mol. The molecule has 0 saturated carbocycles. The number of anilines is 1. The first-order valence-electron chi connectivity index (χ1n) is 10.8. The van der Waals surface area contributed by atoms with Crippen LogP contribution in [-0.2, 0) is 11.3 Å². The quantitative estimate of drug-likeness (QED) is 0.378. The number of hydrogen-bond donors (Lipinski definition) is 1. The van der Waals surface area contributed by atoms with E-state index in [1.54, 1.807) is 0 Å². The Morgan fingerprint density at radius 2 is 1.71 bits per heavy atom. The molecule has 2 rings (SSSR count). The van der Waals surface area contributed by atoms with Crippen LogP contribution in [0, 0.1) is 0 Å². The van der Waals surface area contributed by atoms with E-state index in [0.29, 0.717) is 13.2 Å². The predicted octanol–water partition coefficient (Wildman–Crippen LogP) is 5.95. The number of rotatable bonds is 10. The number of ether oxygens (including phenoxy) is 2. The third kappa shape index (κ3) is 10.1. The summed E-state index contributed by atoms with van der Waals surface area (Å²) in [6, 6.07) is 18.3. The van der Waals surface area contributed by atoms with Gasteiger partial charge in [-0.15, -0.1) is 0 Å². The molecule has 0 atom stereocenters. The van der Waals surface area contributed by atoms with Gasteiger partial charge in [-0.2, -0.15) is 0 Å². The van der Waals surface area contributed by atoms with Crippen molar-refractivity contribution in [3.8, 4) is 5.75 Å². The van der Waals surface area contributed by atoms with Crippen molar-refractivity contribution in [3.63, 3.8) is 0 Å². The van der Waals surface area contributed by atoms with Gasteiger partial charge in [-0.1, -0.05) is 42.0 Å². The number of amides is 1. The Kier molecular flexibility index (Phi) is 9.44. The highest BCUT2D eigenvalue weighted by Gasteiger charge is 2.15. The number of carbonyl (C=O) groups excluding carboxylic acids is 1. The van der Waals surface area contributed by atoms with Crippen LogP contribution in [0.1, 0.15) is 46.6 Å². The van der Waals surface area contributed by atoms with Gasteiger partial charge in [0, 0.05) is 25.3 Å². The van der Waals surface area contributed by atoms with Gasteiger partial charge in [-0.05, 0) is 70.9 Å². The number of allylic oxidation sites excluding steroid dienone is 1. The zero-order valence-corrected chi connectivity index (χ0v) is 19.5. The molecule has 5 heteroatoms. The van der Waals surface area contributed by atoms with Crippen LogP contribution in [0.3, 0.4) is 0 Å². The van der Waals surface area contributed by atoms with E-state index in [1.807, 2.05) is 51.1 Å². The number of benzene rings is 2. The van der Waals surface area contributed by atoms with Gasteiger partial charge >= 0.3 is 6.09 Å². The number of nitrogens with zero attached hydrogens (tertiary/aromatic N) is 1. The van der Waals surface area contributed by atoms with Crippen molar-refractivity contribution < 1.29 is 14.3 Å². The zero-order valence-electron chi connectivity index (χ0n) is 19.5. The highest BCUT2D eigenvalue weighted by molar-refractivity contribution is 5.67. The Bertz CT molecular complexity index is 820. The molecule has 0 fully saturated rings. The van der Waals surface area contributed by atoms with E-state index in [4.69, 9.17) is 9.47 Å². The Labute approximate surface area is 187 Å². The number of carbonyl (C=O) groups is 1. The molecule has 0 heterocycles. The molecule has 168 valence electrons. The SMILES string of the molecule is CC(C)=CCN(CCCNC(=O)OC(C)(C)C)c1ccc(OCc2ccccc2)cc1. The highest BCUT2D eigenvalue weighted by atomic mass is 16.6. The highest BCUT2D eigenvalue weighted by Crippen LogP contribution is 2.21. The first-order valence-corrected chi connectivity index (χ1v) is 10.8. The van der Waals surface area contributed by atoms with Crippen molar-refractivity contribution >= 4 is 11.8 Å². The molecule has 2 aromatic carbocycles. The van der Waals surface area contributed by atoms with E-state index < -0.39 is 5.60 Å². The summed E-state index contributed by atoms with van der Waals surface area (Å²) in [5.74, 6) is 0.848. The average Bonchev–Trinajstić information content (AvgIpc) is 2.71. The second-order valence-electron chi connectivity index (χ2n) is 8.78. The zero-order chi connectivity index (χ0) is 22.7. The maximum Gasteiger partial charge on any atom is 0.407 e. The Morgan fingerprint density at radius 3 is 2.32 bits per heavy atom. The molecule has 0 spiro atoms. The third-order valence-corrected chi connectivity index (χ3v) is 4.44. The van der Waals surface area contributed by atoms with Gasteiger partial charge < -0.3 is 19.7 Å².